The van der Waals surface area contributed by atoms with Gasteiger partial charge in [0.25, 0.3) is 0 Å². The summed E-state index contributed by atoms with van der Waals surface area (Å²) in [7, 11) is 0. The summed E-state index contributed by atoms with van der Waals surface area (Å²) in [5.41, 5.74) is 1.51. The van der Waals surface area contributed by atoms with Crippen molar-refractivity contribution in [2.45, 2.75) is 28.9 Å². The van der Waals surface area contributed by atoms with Gasteiger partial charge in [0.15, 0.2) is 0 Å². The van der Waals surface area contributed by atoms with E-state index < -0.39 is 0 Å². The van der Waals surface area contributed by atoms with Crippen LogP contribution in [0.5, 0.6) is 0 Å². The molecule has 0 aliphatic rings. The number of benzene rings is 1. The molecule has 1 rings (SSSR count). The molecule has 0 amide bonds. The van der Waals surface area contributed by atoms with Crippen molar-refractivity contribution in [2.24, 2.45) is 0 Å². The quantitative estimate of drug-likeness (QED) is 0.653. The van der Waals surface area contributed by atoms with Crippen molar-refractivity contribution in [2.75, 3.05) is 0 Å². The third-order valence-corrected chi connectivity index (χ3v) is 4.33. The predicted octanol–water partition coefficient (Wildman–Crippen LogP) is 3.53. The van der Waals surface area contributed by atoms with Crippen LogP contribution in [0.2, 0.25) is 3.54 Å². The van der Waals surface area contributed by atoms with E-state index in [1.807, 2.05) is 0 Å². The van der Waals surface area contributed by atoms with Gasteiger partial charge in [0.1, 0.15) is 0 Å². The first-order valence-corrected chi connectivity index (χ1v) is 6.32. The fourth-order valence-electron chi connectivity index (χ4n) is 1.16. The van der Waals surface area contributed by atoms with Crippen LogP contribution < -0.4 is 0 Å². The second kappa shape index (κ2) is 5.89. The lowest BCUT2D eigenvalue weighted by Crippen LogP contribution is -2.11. The summed E-state index contributed by atoms with van der Waals surface area (Å²) < 4.78 is 1.93. The minimum Gasteiger partial charge on any atom is -0.147 e. The molecule has 0 aliphatic carbocycles. The molecule has 0 atom stereocenters. The van der Waals surface area contributed by atoms with E-state index in [0.717, 1.165) is 0 Å². The third-order valence-electron chi connectivity index (χ3n) is 2.01. The third kappa shape index (κ3) is 6.36. The molecule has 0 aromatic heterocycles. The Labute approximate surface area is 97.2 Å². The summed E-state index contributed by atoms with van der Waals surface area (Å²) in [5.74, 6) is 0. The molecule has 0 saturated heterocycles. The summed E-state index contributed by atoms with van der Waals surface area (Å²) in [6.07, 6.45) is 0. The normalized spacial score (nSPS) is 10.1. The lowest BCUT2D eigenvalue weighted by molar-refractivity contribution is 0.749. The lowest BCUT2D eigenvalue weighted by atomic mass is 10.2. The molecule has 0 spiro atoms. The van der Waals surface area contributed by atoms with Gasteiger partial charge in [-0.2, -0.15) is 0 Å². The Morgan fingerprint density at radius 2 is 1.62 bits per heavy atom. The molecule has 0 nitrogen and oxygen atoms in total. The van der Waals surface area contributed by atoms with Crippen LogP contribution in [0.3, 0.4) is 0 Å². The molecule has 13 heavy (non-hydrogen) atoms. The number of hydrogen-bond donors (Lipinski definition) is 0. The molecule has 70 valence electrons. The van der Waals surface area contributed by atoms with Crippen LogP contribution in [0.15, 0.2) is 30.3 Å². The van der Waals surface area contributed by atoms with Gasteiger partial charge >= 0.3 is 20.4 Å². The Balaban J connectivity index is 0.00000144. The van der Waals surface area contributed by atoms with Gasteiger partial charge in [-0.25, -0.2) is 0 Å². The van der Waals surface area contributed by atoms with E-state index in [2.05, 4.69) is 51.1 Å². The zero-order valence-corrected chi connectivity index (χ0v) is 10.9. The van der Waals surface area contributed by atoms with Crippen LogP contribution in [0.1, 0.15) is 26.3 Å². The highest BCUT2D eigenvalue weighted by atomic mass is 35.5. The molecular formula is C11H17ClMg. The standard InChI is InChI=1S/C7H7.C4H9.ClH.Mg/c1-7-5-3-2-4-6-7;1-4(2)3;;/h2-6H,1H2;1-3H3;1H;. The zero-order chi connectivity index (χ0) is 9.03. The van der Waals surface area contributed by atoms with Crippen molar-refractivity contribution in [3.05, 3.63) is 35.9 Å². The summed E-state index contributed by atoms with van der Waals surface area (Å²) in [5, 5.41) is 0. The smallest absolute Gasteiger partial charge is 0.147 e. The highest BCUT2D eigenvalue weighted by molar-refractivity contribution is 6.39. The van der Waals surface area contributed by atoms with E-state index in [9.17, 15) is 0 Å². The van der Waals surface area contributed by atoms with E-state index in [-0.39, 0.29) is 32.8 Å². The Morgan fingerprint density at radius 1 is 1.08 bits per heavy atom. The first-order chi connectivity index (χ1) is 5.58. The minimum atomic E-state index is 0. The van der Waals surface area contributed by atoms with Crippen LogP contribution in [0.4, 0.5) is 0 Å². The molecular weight excluding hydrogens is 192 g/mol. The van der Waals surface area contributed by atoms with Gasteiger partial charge in [0.05, 0.1) is 0 Å². The highest BCUT2D eigenvalue weighted by Crippen LogP contribution is 2.21. The average Bonchev–Trinajstić information content (AvgIpc) is 2.02. The average molecular weight is 209 g/mol. The van der Waals surface area contributed by atoms with E-state index in [4.69, 9.17) is 0 Å². The van der Waals surface area contributed by atoms with Gasteiger partial charge < -0.3 is 0 Å². The molecule has 0 heterocycles. The van der Waals surface area contributed by atoms with Gasteiger partial charge in [0, 0.05) is 0 Å². The fraction of sp³-hybridized carbons (Fsp3) is 0.455. The van der Waals surface area contributed by atoms with Gasteiger partial charge in [-0.3, -0.25) is 0 Å². The van der Waals surface area contributed by atoms with Gasteiger partial charge in [-0.15, -0.1) is 20.5 Å². The van der Waals surface area contributed by atoms with Crippen molar-refractivity contribution in [1.82, 2.24) is 0 Å². The number of rotatable bonds is 2. The van der Waals surface area contributed by atoms with Gasteiger partial charge in [-0.1, -0.05) is 56.7 Å². The van der Waals surface area contributed by atoms with Crippen molar-refractivity contribution >= 4 is 32.8 Å². The van der Waals surface area contributed by atoms with Crippen molar-refractivity contribution < 1.29 is 0 Å². The Hall–Kier alpha value is 0.276. The van der Waals surface area contributed by atoms with Crippen molar-refractivity contribution in [1.29, 1.82) is 0 Å². The molecule has 0 fully saturated rings. The molecule has 1 aromatic rings. The van der Waals surface area contributed by atoms with Crippen LogP contribution in [0.25, 0.3) is 0 Å². The minimum absolute atomic E-state index is 0. The Kier molecular flexibility index (Phi) is 6.02. The van der Waals surface area contributed by atoms with Crippen LogP contribution in [-0.2, 0) is 4.55 Å². The molecule has 0 unspecified atom stereocenters. The van der Waals surface area contributed by atoms with Crippen molar-refractivity contribution in [3.63, 3.8) is 0 Å². The van der Waals surface area contributed by atoms with Crippen LogP contribution in [-0.4, -0.2) is 20.4 Å². The monoisotopic (exact) mass is 208 g/mol. The van der Waals surface area contributed by atoms with Gasteiger partial charge in [0.2, 0.25) is 0 Å². The second-order valence-electron chi connectivity index (χ2n) is 4.55. The topological polar surface area (TPSA) is 0 Å². The summed E-state index contributed by atoms with van der Waals surface area (Å²) in [4.78, 5) is 0. The first-order valence-electron chi connectivity index (χ1n) is 4.62. The van der Waals surface area contributed by atoms with E-state index >= 15 is 0 Å². The van der Waals surface area contributed by atoms with E-state index in [0.29, 0.717) is 3.54 Å². The maximum Gasteiger partial charge on any atom is 0.379 e. The molecule has 0 saturated carbocycles. The molecule has 0 aliphatic heterocycles. The first kappa shape index (κ1) is 13.3. The van der Waals surface area contributed by atoms with Gasteiger partial charge in [-0.05, 0) is 0 Å². The number of halogens is 1. The van der Waals surface area contributed by atoms with E-state index in [1.54, 1.807) is 0 Å². The van der Waals surface area contributed by atoms with E-state index in [1.165, 1.54) is 10.1 Å². The summed E-state index contributed by atoms with van der Waals surface area (Å²) >= 11 is 0.0514. The second-order valence-corrected chi connectivity index (χ2v) is 7.67. The molecule has 0 N–H and O–H groups in total. The predicted molar refractivity (Wildman–Crippen MR) is 62.9 cm³/mol. The SMILES string of the molecule is C[C](C)(C)[Mg][CH2]c1ccccc1.Cl. The fourth-order valence-corrected chi connectivity index (χ4v) is 2.54. The molecule has 0 radical (unpaired) electrons. The Bertz CT molecular complexity index is 226. The maximum atomic E-state index is 2.35. The lowest BCUT2D eigenvalue weighted by Gasteiger charge is -2.15. The largest absolute Gasteiger partial charge is 0.379 e. The zero-order valence-electron chi connectivity index (χ0n) is 8.71. The highest BCUT2D eigenvalue weighted by Gasteiger charge is 2.13. The van der Waals surface area contributed by atoms with Crippen LogP contribution >= 0.6 is 12.4 Å². The molecule has 2 heteroatoms. The maximum absolute atomic E-state index is 2.35. The number of hydrogen-bond acceptors (Lipinski definition) is 0. The van der Waals surface area contributed by atoms with Crippen molar-refractivity contribution in [3.8, 4) is 0 Å². The van der Waals surface area contributed by atoms with Crippen LogP contribution in [0, 0.1) is 0 Å². The Morgan fingerprint density at radius 3 is 2.08 bits per heavy atom. The molecule has 0 bridgehead atoms. The summed E-state index contributed by atoms with van der Waals surface area (Å²) in [6, 6.07) is 10.8. The molecule has 1 aromatic carbocycles. The summed E-state index contributed by atoms with van der Waals surface area (Å²) in [6.45, 7) is 7.05.